The van der Waals surface area contributed by atoms with Gasteiger partial charge in [0.1, 0.15) is 0 Å². The van der Waals surface area contributed by atoms with Crippen LogP contribution in [0.4, 0.5) is 0 Å². The van der Waals surface area contributed by atoms with Gasteiger partial charge in [0.05, 0.1) is 12.8 Å². The molecule has 102 valence electrons. The summed E-state index contributed by atoms with van der Waals surface area (Å²) in [5.41, 5.74) is -0.359. The Morgan fingerprint density at radius 3 is 2.44 bits per heavy atom. The minimum absolute atomic E-state index is 0.142. The van der Waals surface area contributed by atoms with Gasteiger partial charge in [-0.1, -0.05) is 19.8 Å². The highest BCUT2D eigenvalue weighted by Crippen LogP contribution is 2.58. The molecule has 0 radical (unpaired) electrons. The first kappa shape index (κ1) is 13.4. The molecule has 2 N–H and O–H groups in total. The minimum atomic E-state index is -0.761. The molecule has 2 aliphatic rings. The fourth-order valence-electron chi connectivity index (χ4n) is 4.64. The van der Waals surface area contributed by atoms with Gasteiger partial charge >= 0.3 is 11.9 Å². The molecule has 0 spiro atoms. The molecule has 2 aliphatic carbocycles. The molecule has 4 heteroatoms. The lowest BCUT2D eigenvalue weighted by molar-refractivity contribution is -0.145. The normalized spacial score (nSPS) is 39.3. The lowest BCUT2D eigenvalue weighted by Crippen LogP contribution is -2.43. The second kappa shape index (κ2) is 4.56. The van der Waals surface area contributed by atoms with Crippen LogP contribution < -0.4 is 0 Å². The summed E-state index contributed by atoms with van der Waals surface area (Å²) in [7, 11) is 0. The fourth-order valence-corrected chi connectivity index (χ4v) is 4.64. The smallest absolute Gasteiger partial charge is 0.303 e. The van der Waals surface area contributed by atoms with E-state index in [1.54, 1.807) is 0 Å². The van der Waals surface area contributed by atoms with Crippen molar-refractivity contribution in [3.05, 3.63) is 0 Å². The van der Waals surface area contributed by atoms with Crippen molar-refractivity contribution < 1.29 is 19.8 Å². The zero-order valence-electron chi connectivity index (χ0n) is 10.9. The van der Waals surface area contributed by atoms with Crippen molar-refractivity contribution in [3.63, 3.8) is 0 Å². The molecule has 0 heterocycles. The molecule has 3 unspecified atom stereocenters. The van der Waals surface area contributed by atoms with Gasteiger partial charge < -0.3 is 10.2 Å². The summed E-state index contributed by atoms with van der Waals surface area (Å²) in [6.07, 6.45) is 6.25. The molecule has 3 atom stereocenters. The molecule has 0 aliphatic heterocycles. The zero-order chi connectivity index (χ0) is 13.4. The topological polar surface area (TPSA) is 74.6 Å². The van der Waals surface area contributed by atoms with E-state index in [0.717, 1.165) is 38.5 Å². The zero-order valence-corrected chi connectivity index (χ0v) is 10.9. The lowest BCUT2D eigenvalue weighted by Gasteiger charge is -2.52. The third kappa shape index (κ3) is 2.85. The SMILES string of the molecule is CC1(CC(=O)O)CC2CCCC(CC(=O)O)(C2)C1. The Bertz CT molecular complexity index is 363. The first-order chi connectivity index (χ1) is 8.33. The fraction of sp³-hybridized carbons (Fsp3) is 0.857. The summed E-state index contributed by atoms with van der Waals surface area (Å²) in [6, 6.07) is 0. The first-order valence-electron chi connectivity index (χ1n) is 6.76. The first-order valence-corrected chi connectivity index (χ1v) is 6.76. The monoisotopic (exact) mass is 254 g/mol. The number of carboxylic acid groups (broad SMARTS) is 2. The molecule has 0 aromatic heterocycles. The van der Waals surface area contributed by atoms with Gasteiger partial charge in [-0.05, 0) is 42.4 Å². The van der Waals surface area contributed by atoms with Gasteiger partial charge in [-0.15, -0.1) is 0 Å². The standard InChI is InChI=1S/C14H22O4/c1-13(7-11(15)16)5-10-3-2-4-14(6-10,9-13)8-12(17)18/h10H,2-9H2,1H3,(H,15,16)(H,17,18). The largest absolute Gasteiger partial charge is 0.481 e. The second-order valence-electron chi connectivity index (χ2n) is 6.79. The van der Waals surface area contributed by atoms with Gasteiger partial charge in [-0.25, -0.2) is 0 Å². The van der Waals surface area contributed by atoms with Crippen LogP contribution in [0.3, 0.4) is 0 Å². The van der Waals surface area contributed by atoms with Crippen molar-refractivity contribution in [1.29, 1.82) is 0 Å². The van der Waals surface area contributed by atoms with Crippen LogP contribution in [0, 0.1) is 16.7 Å². The van der Waals surface area contributed by atoms with Crippen LogP contribution in [0.2, 0.25) is 0 Å². The van der Waals surface area contributed by atoms with Crippen LogP contribution >= 0.6 is 0 Å². The number of carbonyl (C=O) groups is 2. The van der Waals surface area contributed by atoms with E-state index in [4.69, 9.17) is 10.2 Å². The Hall–Kier alpha value is -1.06. The van der Waals surface area contributed by atoms with Gasteiger partial charge in [-0.2, -0.15) is 0 Å². The molecule has 0 amide bonds. The van der Waals surface area contributed by atoms with Crippen LogP contribution in [0.5, 0.6) is 0 Å². The third-order valence-corrected chi connectivity index (χ3v) is 4.73. The summed E-state index contributed by atoms with van der Waals surface area (Å²) < 4.78 is 0. The Balaban J connectivity index is 2.18. The molecule has 4 nitrogen and oxygen atoms in total. The van der Waals surface area contributed by atoms with E-state index in [0.29, 0.717) is 5.92 Å². The quantitative estimate of drug-likeness (QED) is 0.809. The Morgan fingerprint density at radius 1 is 1.17 bits per heavy atom. The van der Waals surface area contributed by atoms with Crippen molar-refractivity contribution in [2.75, 3.05) is 0 Å². The highest BCUT2D eigenvalue weighted by molar-refractivity contribution is 5.68. The predicted octanol–water partition coefficient (Wildman–Crippen LogP) is 2.91. The molecule has 0 saturated heterocycles. The van der Waals surface area contributed by atoms with Crippen molar-refractivity contribution in [2.45, 2.75) is 58.3 Å². The van der Waals surface area contributed by atoms with Crippen LogP contribution in [0.25, 0.3) is 0 Å². The third-order valence-electron chi connectivity index (χ3n) is 4.73. The number of fused-ring (bicyclic) bond motifs is 2. The van der Waals surface area contributed by atoms with Crippen molar-refractivity contribution in [2.24, 2.45) is 16.7 Å². The second-order valence-corrected chi connectivity index (χ2v) is 6.79. The van der Waals surface area contributed by atoms with E-state index in [1.807, 2.05) is 6.92 Å². The van der Waals surface area contributed by atoms with Gasteiger partial charge in [0.15, 0.2) is 0 Å². The maximum Gasteiger partial charge on any atom is 0.303 e. The molecule has 0 aromatic carbocycles. The Kier molecular flexibility index (Phi) is 3.39. The number of hydrogen-bond acceptors (Lipinski definition) is 2. The van der Waals surface area contributed by atoms with E-state index < -0.39 is 11.9 Å². The van der Waals surface area contributed by atoms with Gasteiger partial charge in [0.25, 0.3) is 0 Å². The van der Waals surface area contributed by atoms with Crippen molar-refractivity contribution in [1.82, 2.24) is 0 Å². The van der Waals surface area contributed by atoms with E-state index >= 15 is 0 Å². The van der Waals surface area contributed by atoms with Gasteiger partial charge in [-0.3, -0.25) is 9.59 Å². The van der Waals surface area contributed by atoms with E-state index in [2.05, 4.69) is 0 Å². The Morgan fingerprint density at radius 2 is 1.83 bits per heavy atom. The summed E-state index contributed by atoms with van der Waals surface area (Å²) >= 11 is 0. The van der Waals surface area contributed by atoms with Crippen LogP contribution in [0.15, 0.2) is 0 Å². The molecule has 0 aromatic rings. The molecule has 2 fully saturated rings. The summed E-state index contributed by atoms with van der Waals surface area (Å²) in [5.74, 6) is -0.977. The van der Waals surface area contributed by atoms with E-state index in [-0.39, 0.29) is 23.7 Å². The molecule has 2 saturated carbocycles. The summed E-state index contributed by atoms with van der Waals surface area (Å²) in [6.45, 7) is 2.02. The number of aliphatic carboxylic acids is 2. The van der Waals surface area contributed by atoms with E-state index in [1.165, 1.54) is 0 Å². The Labute approximate surface area is 107 Å². The number of carboxylic acids is 2. The van der Waals surface area contributed by atoms with Crippen LogP contribution in [-0.4, -0.2) is 22.2 Å². The molecule has 18 heavy (non-hydrogen) atoms. The predicted molar refractivity (Wildman–Crippen MR) is 66.2 cm³/mol. The lowest BCUT2D eigenvalue weighted by atomic mass is 9.52. The van der Waals surface area contributed by atoms with E-state index in [9.17, 15) is 9.59 Å². The maximum absolute atomic E-state index is 11.1. The van der Waals surface area contributed by atoms with Gasteiger partial charge in [0.2, 0.25) is 0 Å². The summed E-state index contributed by atoms with van der Waals surface area (Å²) in [4.78, 5) is 22.1. The molecule has 2 rings (SSSR count). The van der Waals surface area contributed by atoms with Gasteiger partial charge in [0, 0.05) is 0 Å². The van der Waals surface area contributed by atoms with Crippen molar-refractivity contribution >= 4 is 11.9 Å². The van der Waals surface area contributed by atoms with Crippen LogP contribution in [-0.2, 0) is 9.59 Å². The molecular weight excluding hydrogens is 232 g/mol. The highest BCUT2D eigenvalue weighted by Gasteiger charge is 2.49. The average molecular weight is 254 g/mol. The van der Waals surface area contributed by atoms with Crippen LogP contribution in [0.1, 0.15) is 58.3 Å². The number of hydrogen-bond donors (Lipinski definition) is 2. The molecule has 2 bridgehead atoms. The minimum Gasteiger partial charge on any atom is -0.481 e. The molecular formula is C14H22O4. The maximum atomic E-state index is 11.1. The average Bonchev–Trinajstić information content (AvgIpc) is 2.11. The highest BCUT2D eigenvalue weighted by atomic mass is 16.4. The van der Waals surface area contributed by atoms with Crippen molar-refractivity contribution in [3.8, 4) is 0 Å². The summed E-state index contributed by atoms with van der Waals surface area (Å²) in [5, 5.41) is 18.2. The number of rotatable bonds is 4.